The number of nitrogens with zero attached hydrogens (tertiary/aromatic N) is 3. The molecule has 0 bridgehead atoms. The Morgan fingerprint density at radius 2 is 2.11 bits per heavy atom. The first-order chi connectivity index (χ1) is 9.00. The van der Waals surface area contributed by atoms with E-state index in [9.17, 15) is 15.2 Å². The Kier molecular flexibility index (Phi) is 3.99. The molecular weight excluding hydrogens is 246 g/mol. The molecule has 1 aliphatic rings. The van der Waals surface area contributed by atoms with Gasteiger partial charge in [0.1, 0.15) is 0 Å². The van der Waals surface area contributed by atoms with Gasteiger partial charge in [0, 0.05) is 18.8 Å². The monoisotopic (exact) mass is 265 g/mol. The molecule has 1 fully saturated rings. The quantitative estimate of drug-likeness (QED) is 0.668. The van der Waals surface area contributed by atoms with Crippen molar-refractivity contribution >= 4 is 11.5 Å². The van der Waals surface area contributed by atoms with E-state index in [1.807, 2.05) is 0 Å². The molecule has 6 heteroatoms. The van der Waals surface area contributed by atoms with Crippen molar-refractivity contribution in [3.63, 3.8) is 0 Å². The Balaban J connectivity index is 2.34. The number of aromatic nitrogens is 1. The van der Waals surface area contributed by atoms with Crippen molar-refractivity contribution in [3.05, 3.63) is 27.9 Å². The third-order valence-electron chi connectivity index (χ3n) is 3.72. The zero-order valence-corrected chi connectivity index (χ0v) is 11.2. The van der Waals surface area contributed by atoms with Gasteiger partial charge in [0.05, 0.1) is 17.1 Å². The van der Waals surface area contributed by atoms with Crippen LogP contribution in [-0.2, 0) is 0 Å². The van der Waals surface area contributed by atoms with Crippen LogP contribution >= 0.6 is 0 Å². The topological polar surface area (TPSA) is 79.5 Å². The van der Waals surface area contributed by atoms with E-state index >= 15 is 0 Å². The van der Waals surface area contributed by atoms with Crippen LogP contribution < -0.4 is 4.90 Å². The van der Waals surface area contributed by atoms with E-state index in [4.69, 9.17) is 0 Å². The van der Waals surface area contributed by atoms with Gasteiger partial charge < -0.3 is 10.0 Å². The summed E-state index contributed by atoms with van der Waals surface area (Å²) in [5.74, 6) is 0.343. The molecule has 2 rings (SSSR count). The van der Waals surface area contributed by atoms with Crippen molar-refractivity contribution in [3.8, 4) is 0 Å². The highest BCUT2D eigenvalue weighted by molar-refractivity contribution is 5.58. The van der Waals surface area contributed by atoms with Crippen LogP contribution in [0.15, 0.2) is 12.1 Å². The van der Waals surface area contributed by atoms with Gasteiger partial charge in [0.2, 0.25) is 5.82 Å². The van der Waals surface area contributed by atoms with Crippen LogP contribution in [0.1, 0.15) is 31.4 Å². The number of aliphatic hydroxyl groups is 1. The fraction of sp³-hybridized carbons (Fsp3) is 0.615. The maximum absolute atomic E-state index is 11.1. The van der Waals surface area contributed by atoms with Gasteiger partial charge in [-0.2, -0.15) is 0 Å². The molecule has 0 aromatic carbocycles. The molecule has 2 unspecified atom stereocenters. The van der Waals surface area contributed by atoms with E-state index in [2.05, 4.69) is 4.98 Å². The summed E-state index contributed by atoms with van der Waals surface area (Å²) in [4.78, 5) is 16.7. The minimum atomic E-state index is -0.444. The lowest BCUT2D eigenvalue weighted by Crippen LogP contribution is -2.44. The second kappa shape index (κ2) is 5.52. The molecule has 6 nitrogen and oxygen atoms in total. The largest absolute Gasteiger partial charge is 0.391 e. The maximum Gasteiger partial charge on any atom is 0.311 e. The first-order valence-corrected chi connectivity index (χ1v) is 6.53. The van der Waals surface area contributed by atoms with Gasteiger partial charge in [-0.1, -0.05) is 12.8 Å². The number of likely N-dealkylation sites (N-methyl/N-ethyl adjacent to an activating group) is 1. The lowest BCUT2D eigenvalue weighted by Gasteiger charge is -2.35. The van der Waals surface area contributed by atoms with Gasteiger partial charge in [0.15, 0.2) is 0 Å². The summed E-state index contributed by atoms with van der Waals surface area (Å²) in [6.45, 7) is 1.80. The zero-order valence-electron chi connectivity index (χ0n) is 11.2. The molecular formula is C13H19N3O3. The smallest absolute Gasteiger partial charge is 0.311 e. The molecule has 0 saturated heterocycles. The first-order valence-electron chi connectivity index (χ1n) is 6.53. The molecule has 104 valence electrons. The van der Waals surface area contributed by atoms with Crippen LogP contribution in [0.3, 0.4) is 0 Å². The first kappa shape index (κ1) is 13.7. The molecule has 1 N–H and O–H groups in total. The van der Waals surface area contributed by atoms with Crippen LogP contribution in [0.25, 0.3) is 0 Å². The van der Waals surface area contributed by atoms with Gasteiger partial charge in [-0.05, 0) is 25.8 Å². The maximum atomic E-state index is 11.1. The number of aryl methyl sites for hydroxylation is 1. The molecule has 2 atom stereocenters. The van der Waals surface area contributed by atoms with Gasteiger partial charge >= 0.3 is 5.69 Å². The Bertz CT molecular complexity index is 478. The average molecular weight is 265 g/mol. The van der Waals surface area contributed by atoms with Crippen LogP contribution in [0, 0.1) is 17.0 Å². The lowest BCUT2D eigenvalue weighted by molar-refractivity contribution is -0.384. The summed E-state index contributed by atoms with van der Waals surface area (Å²) < 4.78 is 0. The number of aliphatic hydroxyl groups excluding tert-OH is 1. The second-order valence-electron chi connectivity index (χ2n) is 5.08. The molecule has 1 heterocycles. The summed E-state index contributed by atoms with van der Waals surface area (Å²) in [6.07, 6.45) is 3.18. The number of anilines is 1. The van der Waals surface area contributed by atoms with Gasteiger partial charge in [-0.3, -0.25) is 10.1 Å². The van der Waals surface area contributed by atoms with Crippen molar-refractivity contribution in [2.45, 2.75) is 44.8 Å². The number of hydrogen-bond acceptors (Lipinski definition) is 5. The molecule has 1 aromatic heterocycles. The number of pyridine rings is 1. The van der Waals surface area contributed by atoms with E-state index in [1.165, 1.54) is 6.07 Å². The fourth-order valence-electron chi connectivity index (χ4n) is 2.64. The minimum Gasteiger partial charge on any atom is -0.391 e. The molecule has 0 aliphatic heterocycles. The van der Waals surface area contributed by atoms with Crippen LogP contribution in [0.5, 0.6) is 0 Å². The van der Waals surface area contributed by atoms with E-state index in [0.717, 1.165) is 31.4 Å². The second-order valence-corrected chi connectivity index (χ2v) is 5.08. The summed E-state index contributed by atoms with van der Waals surface area (Å²) in [6, 6.07) is 3.01. The molecule has 0 spiro atoms. The van der Waals surface area contributed by atoms with Crippen molar-refractivity contribution in [2.75, 3.05) is 11.9 Å². The third-order valence-corrected chi connectivity index (χ3v) is 3.72. The summed E-state index contributed by atoms with van der Waals surface area (Å²) in [5, 5.41) is 21.1. The highest BCUT2D eigenvalue weighted by atomic mass is 16.6. The average Bonchev–Trinajstić information content (AvgIpc) is 2.38. The fourth-order valence-corrected chi connectivity index (χ4v) is 2.64. The van der Waals surface area contributed by atoms with E-state index in [-0.39, 0.29) is 11.7 Å². The highest BCUT2D eigenvalue weighted by Crippen LogP contribution is 2.31. The predicted octanol–water partition coefficient (Wildman–Crippen LogP) is 2.04. The minimum absolute atomic E-state index is 0.00845. The normalized spacial score (nSPS) is 23.1. The summed E-state index contributed by atoms with van der Waals surface area (Å²) >= 11 is 0. The number of nitro groups is 1. The van der Waals surface area contributed by atoms with E-state index < -0.39 is 11.0 Å². The van der Waals surface area contributed by atoms with Crippen molar-refractivity contribution in [1.29, 1.82) is 0 Å². The standard InChI is InChI=1S/C13H19N3O3/c1-9-7-8-11(16(18)19)13(14-9)15(2)10-5-3-4-6-12(10)17/h7-8,10,12,17H,3-6H2,1-2H3. The van der Waals surface area contributed by atoms with Crippen LogP contribution in [0.2, 0.25) is 0 Å². The SMILES string of the molecule is Cc1ccc([N+](=O)[O-])c(N(C)C2CCCCC2O)n1. The third kappa shape index (κ3) is 2.84. The van der Waals surface area contributed by atoms with Crippen molar-refractivity contribution < 1.29 is 10.0 Å². The molecule has 1 aromatic rings. The van der Waals surface area contributed by atoms with Crippen LogP contribution in [-0.4, -0.2) is 34.2 Å². The molecule has 0 amide bonds. The van der Waals surface area contributed by atoms with Crippen molar-refractivity contribution in [1.82, 2.24) is 4.98 Å². The summed E-state index contributed by atoms with van der Waals surface area (Å²) in [5.41, 5.74) is 0.726. The van der Waals surface area contributed by atoms with Crippen LogP contribution in [0.4, 0.5) is 11.5 Å². The molecule has 1 aliphatic carbocycles. The molecule has 0 radical (unpaired) electrons. The highest BCUT2D eigenvalue weighted by Gasteiger charge is 2.31. The van der Waals surface area contributed by atoms with Gasteiger partial charge in [0.25, 0.3) is 0 Å². The van der Waals surface area contributed by atoms with E-state index in [1.54, 1.807) is 24.9 Å². The van der Waals surface area contributed by atoms with E-state index in [0.29, 0.717) is 5.82 Å². The Hall–Kier alpha value is -1.69. The van der Waals surface area contributed by atoms with Gasteiger partial charge in [-0.25, -0.2) is 4.98 Å². The Morgan fingerprint density at radius 3 is 2.74 bits per heavy atom. The Labute approximate surface area is 112 Å². The number of rotatable bonds is 3. The predicted molar refractivity (Wildman–Crippen MR) is 72.3 cm³/mol. The van der Waals surface area contributed by atoms with Gasteiger partial charge in [-0.15, -0.1) is 0 Å². The number of hydrogen-bond donors (Lipinski definition) is 1. The summed E-state index contributed by atoms with van der Waals surface area (Å²) in [7, 11) is 1.77. The van der Waals surface area contributed by atoms with Crippen molar-refractivity contribution in [2.24, 2.45) is 0 Å². The lowest BCUT2D eigenvalue weighted by atomic mass is 9.91. The zero-order chi connectivity index (χ0) is 14.0. The molecule has 1 saturated carbocycles. The Morgan fingerprint density at radius 1 is 1.42 bits per heavy atom. The molecule has 19 heavy (non-hydrogen) atoms.